The number of H-pyrrole nitrogens is 1. The minimum Gasteiger partial charge on any atom is -0.399 e. The van der Waals surface area contributed by atoms with Gasteiger partial charge >= 0.3 is 0 Å². The lowest BCUT2D eigenvalue weighted by molar-refractivity contribution is 0.100. The van der Waals surface area contributed by atoms with Crippen molar-refractivity contribution in [3.8, 4) is 11.1 Å². The summed E-state index contributed by atoms with van der Waals surface area (Å²) in [5, 5.41) is 1.99. The van der Waals surface area contributed by atoms with Crippen LogP contribution in [0.3, 0.4) is 0 Å². The van der Waals surface area contributed by atoms with Crippen molar-refractivity contribution in [2.45, 2.75) is 6.92 Å². The molecule has 4 rings (SSSR count). The summed E-state index contributed by atoms with van der Waals surface area (Å²) in [6, 6.07) is 17.8. The molecule has 1 heterocycles. The monoisotopic (exact) mass is 315 g/mol. The third-order valence-corrected chi connectivity index (χ3v) is 4.35. The van der Waals surface area contributed by atoms with Crippen molar-refractivity contribution in [3.63, 3.8) is 0 Å². The third kappa shape index (κ3) is 2.20. The van der Waals surface area contributed by atoms with Gasteiger partial charge in [0.15, 0.2) is 0 Å². The van der Waals surface area contributed by atoms with Crippen molar-refractivity contribution in [1.29, 1.82) is 0 Å². The molecule has 0 spiro atoms. The minimum absolute atomic E-state index is 0.450. The molecule has 0 atom stereocenters. The van der Waals surface area contributed by atoms with Gasteiger partial charge in [-0.2, -0.15) is 0 Å². The number of anilines is 1. The number of hydrogen-bond donors (Lipinski definition) is 3. The number of nitrogens with one attached hydrogen (secondary N) is 1. The number of hydrogen-bond acceptors (Lipinski definition) is 2. The Morgan fingerprint density at radius 3 is 2.54 bits per heavy atom. The molecule has 0 aliphatic rings. The number of aryl methyl sites for hydroxylation is 1. The maximum atomic E-state index is 12.0. The Morgan fingerprint density at radius 2 is 1.79 bits per heavy atom. The van der Waals surface area contributed by atoms with Gasteiger partial charge in [-0.3, -0.25) is 4.79 Å². The van der Waals surface area contributed by atoms with Gasteiger partial charge in [-0.15, -0.1) is 0 Å². The highest BCUT2D eigenvalue weighted by Gasteiger charge is 2.14. The van der Waals surface area contributed by atoms with Crippen molar-refractivity contribution in [1.82, 2.24) is 4.98 Å². The molecule has 3 aromatic carbocycles. The predicted molar refractivity (Wildman–Crippen MR) is 98.9 cm³/mol. The van der Waals surface area contributed by atoms with Crippen LogP contribution in [-0.4, -0.2) is 10.9 Å². The van der Waals surface area contributed by atoms with Crippen molar-refractivity contribution in [3.05, 3.63) is 65.7 Å². The molecule has 4 heteroatoms. The number of benzene rings is 3. The Labute approximate surface area is 139 Å². The van der Waals surface area contributed by atoms with E-state index < -0.39 is 5.91 Å². The van der Waals surface area contributed by atoms with E-state index in [-0.39, 0.29) is 0 Å². The highest BCUT2D eigenvalue weighted by Crippen LogP contribution is 2.33. The highest BCUT2D eigenvalue weighted by atomic mass is 16.1. The summed E-state index contributed by atoms with van der Waals surface area (Å²) >= 11 is 0. The lowest BCUT2D eigenvalue weighted by atomic mass is 9.98. The molecule has 4 nitrogen and oxygen atoms in total. The van der Waals surface area contributed by atoms with Crippen LogP contribution in [0.25, 0.3) is 32.9 Å². The summed E-state index contributed by atoms with van der Waals surface area (Å²) in [5.74, 6) is -0.450. The molecule has 0 aliphatic heterocycles. The van der Waals surface area contributed by atoms with Gasteiger partial charge in [-0.05, 0) is 42.3 Å². The average Bonchev–Trinajstić information content (AvgIpc) is 2.91. The van der Waals surface area contributed by atoms with Crippen LogP contribution in [-0.2, 0) is 0 Å². The first-order chi connectivity index (χ1) is 11.5. The molecular formula is C20H17N3O. The Bertz CT molecular complexity index is 1110. The molecule has 24 heavy (non-hydrogen) atoms. The number of fused-ring (bicyclic) bond motifs is 3. The molecular weight excluding hydrogens is 298 g/mol. The number of aromatic amines is 1. The largest absolute Gasteiger partial charge is 0.399 e. The van der Waals surface area contributed by atoms with E-state index in [2.05, 4.69) is 17.1 Å². The Morgan fingerprint density at radius 1 is 0.958 bits per heavy atom. The highest BCUT2D eigenvalue weighted by molar-refractivity contribution is 6.16. The number of nitrogens with two attached hydrogens (primary N) is 2. The summed E-state index contributed by atoms with van der Waals surface area (Å²) in [5.41, 5.74) is 17.5. The maximum absolute atomic E-state index is 12.0. The topological polar surface area (TPSA) is 84.9 Å². The second kappa shape index (κ2) is 5.13. The number of primary amides is 1. The number of nitrogen functional groups attached to an aromatic ring is 1. The second-order valence-corrected chi connectivity index (χ2v) is 6.11. The standard InChI is InChI=1S/C20H17N3O/c1-11-3-2-4-12(7-11)13-8-16-15-6-5-14(21)10-18(15)23-19(16)17(9-13)20(22)24/h2-10,23H,21H2,1H3,(H2,22,24). The minimum atomic E-state index is -0.450. The molecule has 0 fully saturated rings. The normalized spacial score (nSPS) is 11.2. The number of amides is 1. The van der Waals surface area contributed by atoms with Crippen LogP contribution in [0.1, 0.15) is 15.9 Å². The second-order valence-electron chi connectivity index (χ2n) is 6.11. The van der Waals surface area contributed by atoms with E-state index in [1.165, 1.54) is 5.56 Å². The molecule has 5 N–H and O–H groups in total. The molecule has 118 valence electrons. The molecule has 1 amide bonds. The van der Waals surface area contributed by atoms with Crippen molar-refractivity contribution < 1.29 is 4.79 Å². The zero-order valence-corrected chi connectivity index (χ0v) is 13.3. The molecule has 0 aliphatic carbocycles. The summed E-state index contributed by atoms with van der Waals surface area (Å²) in [6.07, 6.45) is 0. The van der Waals surface area contributed by atoms with Crippen LogP contribution >= 0.6 is 0 Å². The van der Waals surface area contributed by atoms with E-state index in [0.717, 1.165) is 32.9 Å². The van der Waals surface area contributed by atoms with Crippen LogP contribution in [0.4, 0.5) is 5.69 Å². The summed E-state index contributed by atoms with van der Waals surface area (Å²) in [7, 11) is 0. The van der Waals surface area contributed by atoms with Gasteiger partial charge in [0.25, 0.3) is 5.91 Å². The van der Waals surface area contributed by atoms with Crippen LogP contribution in [0.2, 0.25) is 0 Å². The number of aromatic nitrogens is 1. The molecule has 0 unspecified atom stereocenters. The van der Waals surface area contributed by atoms with Gasteiger partial charge in [0, 0.05) is 22.0 Å². The zero-order valence-electron chi connectivity index (χ0n) is 13.3. The Kier molecular flexibility index (Phi) is 3.06. The Hall–Kier alpha value is -3.27. The van der Waals surface area contributed by atoms with Crippen LogP contribution in [0.15, 0.2) is 54.6 Å². The summed E-state index contributed by atoms with van der Waals surface area (Å²) in [4.78, 5) is 15.3. The van der Waals surface area contributed by atoms with E-state index in [0.29, 0.717) is 11.3 Å². The average molecular weight is 315 g/mol. The van der Waals surface area contributed by atoms with E-state index in [1.807, 2.05) is 49.4 Å². The van der Waals surface area contributed by atoms with E-state index in [4.69, 9.17) is 11.5 Å². The summed E-state index contributed by atoms with van der Waals surface area (Å²) < 4.78 is 0. The van der Waals surface area contributed by atoms with Crippen LogP contribution in [0, 0.1) is 6.92 Å². The SMILES string of the molecule is Cc1cccc(-c2cc(C(N)=O)c3[nH]c4cc(N)ccc4c3c2)c1. The number of rotatable bonds is 2. The maximum Gasteiger partial charge on any atom is 0.250 e. The van der Waals surface area contributed by atoms with Gasteiger partial charge in [0.05, 0.1) is 11.1 Å². The molecule has 0 bridgehead atoms. The Balaban J connectivity index is 2.10. The molecule has 4 aromatic rings. The van der Waals surface area contributed by atoms with Crippen molar-refractivity contribution >= 4 is 33.4 Å². The lowest BCUT2D eigenvalue weighted by Crippen LogP contribution is -2.11. The van der Waals surface area contributed by atoms with Crippen molar-refractivity contribution in [2.24, 2.45) is 5.73 Å². The van der Waals surface area contributed by atoms with Gasteiger partial charge in [-0.25, -0.2) is 0 Å². The van der Waals surface area contributed by atoms with Gasteiger partial charge in [-0.1, -0.05) is 35.9 Å². The van der Waals surface area contributed by atoms with Crippen LogP contribution < -0.4 is 11.5 Å². The van der Waals surface area contributed by atoms with E-state index in [9.17, 15) is 4.79 Å². The fourth-order valence-electron chi connectivity index (χ4n) is 3.21. The van der Waals surface area contributed by atoms with E-state index in [1.54, 1.807) is 0 Å². The third-order valence-electron chi connectivity index (χ3n) is 4.35. The number of carbonyl (C=O) groups excluding carboxylic acids is 1. The van der Waals surface area contributed by atoms with Crippen molar-refractivity contribution in [2.75, 3.05) is 5.73 Å². The van der Waals surface area contributed by atoms with Crippen LogP contribution in [0.5, 0.6) is 0 Å². The predicted octanol–water partition coefficient (Wildman–Crippen LogP) is 3.98. The summed E-state index contributed by atoms with van der Waals surface area (Å²) in [6.45, 7) is 2.05. The molecule has 1 aromatic heterocycles. The molecule has 0 saturated heterocycles. The van der Waals surface area contributed by atoms with Gasteiger partial charge < -0.3 is 16.5 Å². The molecule has 0 saturated carbocycles. The number of carbonyl (C=O) groups is 1. The zero-order chi connectivity index (χ0) is 16.8. The fraction of sp³-hybridized carbons (Fsp3) is 0.0500. The smallest absolute Gasteiger partial charge is 0.250 e. The molecule has 0 radical (unpaired) electrons. The quantitative estimate of drug-likeness (QED) is 0.489. The fourth-order valence-corrected chi connectivity index (χ4v) is 3.21. The first-order valence-electron chi connectivity index (χ1n) is 7.75. The van der Waals surface area contributed by atoms with Gasteiger partial charge in [0.2, 0.25) is 0 Å². The lowest BCUT2D eigenvalue weighted by Gasteiger charge is -2.07. The first kappa shape index (κ1) is 14.3. The van der Waals surface area contributed by atoms with Gasteiger partial charge in [0.1, 0.15) is 0 Å². The van der Waals surface area contributed by atoms with E-state index >= 15 is 0 Å². The first-order valence-corrected chi connectivity index (χ1v) is 7.75.